The van der Waals surface area contributed by atoms with Crippen molar-refractivity contribution in [1.29, 1.82) is 10.5 Å². The normalized spacial score (nSPS) is 10.2. The third-order valence-corrected chi connectivity index (χ3v) is 14.2. The molecule has 0 bridgehead atoms. The van der Waals surface area contributed by atoms with Crippen molar-refractivity contribution in [3.05, 3.63) is 272 Å². The summed E-state index contributed by atoms with van der Waals surface area (Å²) < 4.78 is 6.07. The molecule has 12 aromatic rings. The van der Waals surface area contributed by atoms with E-state index in [1.165, 1.54) is 5.56 Å². The standard InChI is InChI=1S/C25H19N4.C24H14N5.C22H16N3.3Ir/c1-15-10-12-19(13-11-15)25-28-21-9-7-8-20(26-5)24(21)29(25)23-17(3)14-16(2)22(27-6)18(23)4;1-3-16-10-7-11-18(14-25)23(16)29-22-13-20(27-2)19(15-26)12-21(22)28-24(29)17-8-5-4-6-9-17;1-15-12-16(2)14-17(13-15)22-24-20-6-4-5-7-21(20)25(22)19-10-8-18(23-3)9-11-19;;;/h7-12,14H,1-4H3;4-8,10-13H,3H2,1H3;4-13H,1-2H3;;;/q3*-1;;;. The molecule has 86 heavy (non-hydrogen) atoms. The molecule has 3 aromatic heterocycles. The van der Waals surface area contributed by atoms with Gasteiger partial charge in [0.25, 0.3) is 0 Å². The number of rotatable bonds is 7. The van der Waals surface area contributed by atoms with Crippen LogP contribution in [0.25, 0.3) is 104 Å². The summed E-state index contributed by atoms with van der Waals surface area (Å²) in [7, 11) is 0. The van der Waals surface area contributed by atoms with Crippen LogP contribution in [0.1, 0.15) is 57.0 Å². The van der Waals surface area contributed by atoms with Crippen molar-refractivity contribution in [3.63, 3.8) is 0 Å². The Balaban J connectivity index is 0.000000182. The Labute approximate surface area is 541 Å². The third kappa shape index (κ3) is 12.4. The minimum Gasteiger partial charge on any atom is -0.343 e. The number of nitrogens with zero attached hydrogens (tertiary/aromatic N) is 12. The van der Waals surface area contributed by atoms with E-state index >= 15 is 0 Å². The van der Waals surface area contributed by atoms with Gasteiger partial charge >= 0.3 is 0 Å². The number of fused-ring (bicyclic) bond motifs is 3. The van der Waals surface area contributed by atoms with Gasteiger partial charge in [-0.1, -0.05) is 82.3 Å². The van der Waals surface area contributed by atoms with Gasteiger partial charge in [-0.3, -0.25) is 15.0 Å². The maximum absolute atomic E-state index is 9.77. The molecule has 0 amide bonds. The van der Waals surface area contributed by atoms with E-state index in [2.05, 4.69) is 79.4 Å². The molecule has 0 aliphatic carbocycles. The number of hydrogen-bond acceptors (Lipinski definition) is 5. The van der Waals surface area contributed by atoms with Gasteiger partial charge in [-0.25, -0.2) is 19.4 Å². The van der Waals surface area contributed by atoms with Crippen LogP contribution >= 0.6 is 0 Å². The first-order valence-corrected chi connectivity index (χ1v) is 26.5. The molecule has 0 aliphatic rings. The number of aryl methyl sites for hydroxylation is 6. The molecular formula is C71H49Ir3N12-3. The van der Waals surface area contributed by atoms with E-state index in [9.17, 15) is 10.5 Å². The first-order valence-electron chi connectivity index (χ1n) is 26.5. The van der Waals surface area contributed by atoms with Crippen molar-refractivity contribution in [1.82, 2.24) is 28.7 Å². The van der Waals surface area contributed by atoms with Crippen LogP contribution in [0.2, 0.25) is 0 Å². The first kappa shape index (κ1) is 63.9. The second kappa shape index (κ2) is 27.8. The molecule has 15 heteroatoms. The van der Waals surface area contributed by atoms with Crippen LogP contribution < -0.4 is 0 Å². The second-order valence-electron chi connectivity index (χ2n) is 19.8. The summed E-state index contributed by atoms with van der Waals surface area (Å²) in [5.41, 5.74) is 20.2. The molecule has 0 fully saturated rings. The van der Waals surface area contributed by atoms with Gasteiger partial charge in [0, 0.05) is 71.7 Å². The quantitative estimate of drug-likeness (QED) is 0.147. The summed E-state index contributed by atoms with van der Waals surface area (Å²) in [6.45, 7) is 44.1. The SMILES string of the molecule is [C-]#[N+]c1c(C)cc(C)c(-n2c(-c3[c-]cc(C)cc3)nc3cccc([N+]#[C-])c32)c1C.[C-]#[N+]c1cc2c(cc1C#N)nc(-c1[c-]cccc1)n2-c1c(C#N)cccc1CC.[C-]#[N+]c1ccc(-n2c(-c3[c-]c(C)cc(C)c3)nc3ccccc32)cc1.[Ir].[Ir].[Ir]. The van der Waals surface area contributed by atoms with Crippen molar-refractivity contribution >= 4 is 55.8 Å². The molecule has 0 aliphatic heterocycles. The van der Waals surface area contributed by atoms with Crippen molar-refractivity contribution in [2.24, 2.45) is 0 Å². The van der Waals surface area contributed by atoms with E-state index in [1.54, 1.807) is 24.3 Å². The number of imidazole rings is 3. The predicted molar refractivity (Wildman–Crippen MR) is 328 cm³/mol. The van der Waals surface area contributed by atoms with Crippen LogP contribution in [-0.2, 0) is 66.7 Å². The van der Waals surface area contributed by atoms with Crippen molar-refractivity contribution in [3.8, 4) is 63.4 Å². The molecule has 12 nitrogen and oxygen atoms in total. The van der Waals surface area contributed by atoms with E-state index in [0.717, 1.165) is 107 Å². The molecule has 0 spiro atoms. The summed E-state index contributed by atoms with van der Waals surface area (Å²) in [6, 6.07) is 64.2. The minimum absolute atomic E-state index is 0. The Morgan fingerprint density at radius 3 is 1.83 bits per heavy atom. The largest absolute Gasteiger partial charge is 0.343 e. The fraction of sp³-hybridized carbons (Fsp3) is 0.113. The molecule has 0 unspecified atom stereocenters. The van der Waals surface area contributed by atoms with Gasteiger partial charge in [0.05, 0.1) is 99.7 Å². The summed E-state index contributed by atoms with van der Waals surface area (Å²) in [5.74, 6) is 2.20. The Bertz CT molecular complexity index is 4780. The van der Waals surface area contributed by atoms with Gasteiger partial charge in [0.2, 0.25) is 11.4 Å². The average Bonchev–Trinajstić information content (AvgIpc) is 2.58. The first-order chi connectivity index (χ1) is 40.3. The number of benzene rings is 9. The summed E-state index contributed by atoms with van der Waals surface area (Å²) in [6.07, 6.45) is 0.731. The van der Waals surface area contributed by atoms with Crippen molar-refractivity contribution in [2.75, 3.05) is 0 Å². The van der Waals surface area contributed by atoms with E-state index < -0.39 is 0 Å². The molecule has 0 N–H and O–H groups in total. The van der Waals surface area contributed by atoms with E-state index in [-0.39, 0.29) is 71.6 Å². The Hall–Kier alpha value is -9.72. The van der Waals surface area contributed by atoms with Gasteiger partial charge in [0.1, 0.15) is 6.07 Å². The molecule has 3 heterocycles. The van der Waals surface area contributed by atoms with E-state index in [4.69, 9.17) is 41.2 Å². The van der Waals surface area contributed by atoms with Gasteiger partial charge < -0.3 is 13.7 Å². The number of para-hydroxylation sites is 4. The second-order valence-corrected chi connectivity index (χ2v) is 19.8. The van der Waals surface area contributed by atoms with Gasteiger partial charge in [0.15, 0.2) is 11.4 Å². The number of hydrogen-bond donors (Lipinski definition) is 0. The molecule has 0 atom stereocenters. The van der Waals surface area contributed by atoms with Gasteiger partial charge in [-0.05, 0) is 98.0 Å². The molecule has 0 saturated heterocycles. The Morgan fingerprint density at radius 2 is 1.17 bits per heavy atom. The predicted octanol–water partition coefficient (Wildman–Crippen LogP) is 17.8. The molecular weight excluding hydrogens is 1600 g/mol. The summed E-state index contributed by atoms with van der Waals surface area (Å²) in [4.78, 5) is 29.0. The van der Waals surface area contributed by atoms with Crippen LogP contribution in [0.15, 0.2) is 158 Å². The summed E-state index contributed by atoms with van der Waals surface area (Å²) >= 11 is 0. The molecule has 423 valence electrons. The number of nitriles is 2. The smallest absolute Gasteiger partial charge is 0.211 e. The number of aromatic nitrogens is 6. The molecule has 12 rings (SSSR count). The molecule has 9 aromatic carbocycles. The van der Waals surface area contributed by atoms with E-state index in [1.807, 2.05) is 166 Å². The monoisotopic (exact) mass is 1650 g/mol. The van der Waals surface area contributed by atoms with Crippen LogP contribution in [0.5, 0.6) is 0 Å². The van der Waals surface area contributed by atoms with Gasteiger partial charge in [-0.2, -0.15) is 10.5 Å². The fourth-order valence-electron chi connectivity index (χ4n) is 10.5. The van der Waals surface area contributed by atoms with Crippen LogP contribution in [0.4, 0.5) is 22.7 Å². The minimum atomic E-state index is 0. The van der Waals surface area contributed by atoms with E-state index in [0.29, 0.717) is 39.5 Å². The maximum atomic E-state index is 9.77. The topological polar surface area (TPSA) is 118 Å². The Kier molecular flexibility index (Phi) is 20.6. The zero-order valence-electron chi connectivity index (χ0n) is 47.6. The van der Waals surface area contributed by atoms with Crippen LogP contribution in [0.3, 0.4) is 0 Å². The molecule has 3 radical (unpaired) electrons. The van der Waals surface area contributed by atoms with Crippen molar-refractivity contribution < 1.29 is 60.3 Å². The van der Waals surface area contributed by atoms with Crippen LogP contribution in [-0.4, -0.2) is 28.7 Å². The zero-order valence-corrected chi connectivity index (χ0v) is 54.8. The van der Waals surface area contributed by atoms with Crippen molar-refractivity contribution in [2.45, 2.75) is 54.9 Å². The maximum Gasteiger partial charge on any atom is 0.211 e. The average molecular weight is 1650 g/mol. The molecule has 0 saturated carbocycles. The Morgan fingerprint density at radius 1 is 0.512 bits per heavy atom. The summed E-state index contributed by atoms with van der Waals surface area (Å²) in [5, 5.41) is 19.2. The fourth-order valence-corrected chi connectivity index (χ4v) is 10.5. The third-order valence-electron chi connectivity index (χ3n) is 14.2. The van der Waals surface area contributed by atoms with Crippen LogP contribution in [0, 0.1) is 109 Å². The zero-order chi connectivity index (χ0) is 58.5. The van der Waals surface area contributed by atoms with Gasteiger partial charge in [-0.15, -0.1) is 106 Å².